The average Bonchev–Trinajstić information content (AvgIpc) is 2.60. The topological polar surface area (TPSA) is 114 Å². The van der Waals surface area contributed by atoms with Crippen LogP contribution in [-0.2, 0) is 23.9 Å². The van der Waals surface area contributed by atoms with E-state index in [2.05, 4.69) is 10.6 Å². The molecule has 0 aromatic rings. The average molecular weight is 419 g/mol. The van der Waals surface area contributed by atoms with Crippen LogP contribution >= 0.6 is 11.8 Å². The Kier molecular flexibility index (Phi) is 9.39. The molecular weight excluding hydrogens is 384 g/mol. The number of hydrogen-bond donors (Lipinski definition) is 3. The van der Waals surface area contributed by atoms with Crippen LogP contribution in [0.5, 0.6) is 0 Å². The van der Waals surface area contributed by atoms with Gasteiger partial charge in [0.05, 0.1) is 18.6 Å². The van der Waals surface area contributed by atoms with Crippen molar-refractivity contribution in [2.24, 2.45) is 11.3 Å². The van der Waals surface area contributed by atoms with Gasteiger partial charge in [0.2, 0.25) is 11.8 Å². The molecule has 0 bridgehead atoms. The Morgan fingerprint density at radius 3 is 2.39 bits per heavy atom. The maximum Gasteiger partial charge on any atom is 0.249 e. The van der Waals surface area contributed by atoms with Crippen LogP contribution in [0.3, 0.4) is 0 Å². The van der Waals surface area contributed by atoms with Crippen LogP contribution in [-0.4, -0.2) is 65.5 Å². The van der Waals surface area contributed by atoms with Gasteiger partial charge < -0.3 is 25.2 Å². The fraction of sp³-hybridized carbons (Fsp3) is 0.842. The molecule has 0 aromatic heterocycles. The highest BCUT2D eigenvalue weighted by molar-refractivity contribution is 8.13. The SMILES string of the molecule is CC(C(=O)SCCNC(=O)CCNC(=O)[C@@H]1OC(C)(C)OCC1(C)C)[C@H](C)O. The Hall–Kier alpha value is -1.16. The van der Waals surface area contributed by atoms with E-state index in [1.807, 2.05) is 13.8 Å². The molecule has 0 aliphatic carbocycles. The van der Waals surface area contributed by atoms with Crippen LogP contribution in [0, 0.1) is 11.3 Å². The molecule has 0 saturated carbocycles. The number of amides is 2. The van der Waals surface area contributed by atoms with Gasteiger partial charge in [-0.2, -0.15) is 0 Å². The monoisotopic (exact) mass is 418 g/mol. The molecule has 2 amide bonds. The van der Waals surface area contributed by atoms with Gasteiger partial charge in [0.1, 0.15) is 6.10 Å². The molecule has 1 aliphatic rings. The number of carbonyl (C=O) groups excluding carboxylic acids is 3. The van der Waals surface area contributed by atoms with E-state index >= 15 is 0 Å². The van der Waals surface area contributed by atoms with Crippen molar-refractivity contribution in [1.82, 2.24) is 10.6 Å². The lowest BCUT2D eigenvalue weighted by Gasteiger charge is -2.44. The molecule has 1 unspecified atom stereocenters. The Morgan fingerprint density at radius 2 is 1.79 bits per heavy atom. The summed E-state index contributed by atoms with van der Waals surface area (Å²) in [7, 11) is 0. The third kappa shape index (κ3) is 8.06. The van der Waals surface area contributed by atoms with Gasteiger partial charge in [0, 0.05) is 30.7 Å². The van der Waals surface area contributed by atoms with Gasteiger partial charge in [0.25, 0.3) is 0 Å². The van der Waals surface area contributed by atoms with E-state index in [0.717, 1.165) is 11.8 Å². The first kappa shape index (κ1) is 24.9. The number of hydrogen-bond acceptors (Lipinski definition) is 7. The van der Waals surface area contributed by atoms with E-state index in [0.29, 0.717) is 18.9 Å². The third-order valence-electron chi connectivity index (χ3n) is 4.56. The largest absolute Gasteiger partial charge is 0.393 e. The molecule has 162 valence electrons. The Balaban J connectivity index is 2.27. The van der Waals surface area contributed by atoms with E-state index in [-0.39, 0.29) is 29.9 Å². The predicted molar refractivity (Wildman–Crippen MR) is 108 cm³/mol. The molecule has 8 nitrogen and oxygen atoms in total. The van der Waals surface area contributed by atoms with Crippen LogP contribution in [0.2, 0.25) is 0 Å². The first-order valence-electron chi connectivity index (χ1n) is 9.56. The van der Waals surface area contributed by atoms with E-state index in [1.165, 1.54) is 0 Å². The van der Waals surface area contributed by atoms with Crippen LogP contribution in [0.15, 0.2) is 0 Å². The van der Waals surface area contributed by atoms with Crippen molar-refractivity contribution in [3.05, 3.63) is 0 Å². The van der Waals surface area contributed by atoms with E-state index in [1.54, 1.807) is 27.7 Å². The van der Waals surface area contributed by atoms with Crippen molar-refractivity contribution < 1.29 is 29.0 Å². The first-order valence-corrected chi connectivity index (χ1v) is 10.5. The zero-order chi connectivity index (χ0) is 21.5. The van der Waals surface area contributed by atoms with Gasteiger partial charge in [-0.25, -0.2) is 0 Å². The number of aliphatic hydroxyl groups is 1. The normalized spacial score (nSPS) is 22.8. The van der Waals surface area contributed by atoms with E-state index in [4.69, 9.17) is 9.47 Å². The highest BCUT2D eigenvalue weighted by Gasteiger charge is 2.45. The van der Waals surface area contributed by atoms with Gasteiger partial charge in [-0.1, -0.05) is 32.5 Å². The van der Waals surface area contributed by atoms with Gasteiger partial charge in [-0.3, -0.25) is 14.4 Å². The standard InChI is InChI=1S/C19H34N2O6S/c1-12(13(2)22)17(25)28-10-9-20-14(23)7-8-21-16(24)15-18(3,4)11-26-19(5,6)27-15/h12-13,15,22H,7-11H2,1-6H3,(H,20,23)(H,21,24)/t12?,13-,15-/m0/s1. The predicted octanol–water partition coefficient (Wildman–Crippen LogP) is 1.06. The summed E-state index contributed by atoms with van der Waals surface area (Å²) in [5, 5.41) is 14.7. The molecule has 1 saturated heterocycles. The fourth-order valence-electron chi connectivity index (χ4n) is 2.47. The summed E-state index contributed by atoms with van der Waals surface area (Å²) in [5.41, 5.74) is -0.463. The molecule has 3 atom stereocenters. The highest BCUT2D eigenvalue weighted by atomic mass is 32.2. The van der Waals surface area contributed by atoms with Crippen molar-refractivity contribution in [2.45, 2.75) is 66.0 Å². The molecular formula is C19H34N2O6S. The van der Waals surface area contributed by atoms with E-state index < -0.39 is 29.3 Å². The van der Waals surface area contributed by atoms with Gasteiger partial charge in [-0.05, 0) is 20.8 Å². The van der Waals surface area contributed by atoms with Crippen LogP contribution < -0.4 is 10.6 Å². The quantitative estimate of drug-likeness (QED) is 0.480. The summed E-state index contributed by atoms with van der Waals surface area (Å²) >= 11 is 1.09. The summed E-state index contributed by atoms with van der Waals surface area (Å²) in [6.07, 6.45) is -1.20. The molecule has 1 fully saturated rings. The number of nitrogens with one attached hydrogen (secondary N) is 2. The summed E-state index contributed by atoms with van der Waals surface area (Å²) in [6.45, 7) is 11.5. The third-order valence-corrected chi connectivity index (χ3v) is 5.62. The molecule has 28 heavy (non-hydrogen) atoms. The lowest BCUT2D eigenvalue weighted by atomic mass is 9.85. The number of aliphatic hydroxyl groups excluding tert-OH is 1. The molecule has 9 heteroatoms. The summed E-state index contributed by atoms with van der Waals surface area (Å²) in [6, 6.07) is 0. The molecule has 1 heterocycles. The molecule has 0 spiro atoms. The summed E-state index contributed by atoms with van der Waals surface area (Å²) in [4.78, 5) is 36.1. The second-order valence-corrected chi connectivity index (χ2v) is 9.36. The Bertz CT molecular complexity index is 565. The van der Waals surface area contributed by atoms with Crippen LogP contribution in [0.1, 0.15) is 48.0 Å². The smallest absolute Gasteiger partial charge is 0.249 e. The van der Waals surface area contributed by atoms with Gasteiger partial charge >= 0.3 is 0 Å². The molecule has 3 N–H and O–H groups in total. The second-order valence-electron chi connectivity index (χ2n) is 8.26. The maximum absolute atomic E-state index is 12.5. The van der Waals surface area contributed by atoms with Crippen LogP contribution in [0.4, 0.5) is 0 Å². The lowest BCUT2D eigenvalue weighted by molar-refractivity contribution is -0.304. The van der Waals surface area contributed by atoms with Crippen molar-refractivity contribution in [3.8, 4) is 0 Å². The zero-order valence-corrected chi connectivity index (χ0v) is 18.5. The minimum absolute atomic E-state index is 0.0986. The minimum atomic E-state index is -0.824. The van der Waals surface area contributed by atoms with Gasteiger partial charge in [0.15, 0.2) is 10.9 Å². The number of carbonyl (C=O) groups is 3. The molecule has 0 aromatic carbocycles. The number of thioether (sulfide) groups is 1. The summed E-state index contributed by atoms with van der Waals surface area (Å²) < 4.78 is 11.4. The van der Waals surface area contributed by atoms with Crippen molar-refractivity contribution in [1.29, 1.82) is 0 Å². The van der Waals surface area contributed by atoms with Crippen molar-refractivity contribution in [3.63, 3.8) is 0 Å². The zero-order valence-electron chi connectivity index (χ0n) is 17.7. The molecule has 1 rings (SSSR count). The van der Waals surface area contributed by atoms with E-state index in [9.17, 15) is 19.5 Å². The highest BCUT2D eigenvalue weighted by Crippen LogP contribution is 2.34. The summed E-state index contributed by atoms with van der Waals surface area (Å²) in [5.74, 6) is -1.29. The van der Waals surface area contributed by atoms with Crippen molar-refractivity contribution in [2.75, 3.05) is 25.4 Å². The maximum atomic E-state index is 12.5. The van der Waals surface area contributed by atoms with Gasteiger partial charge in [-0.15, -0.1) is 0 Å². The molecule has 1 aliphatic heterocycles. The Labute approximate surface area is 171 Å². The first-order chi connectivity index (χ1) is 12.9. The second kappa shape index (κ2) is 10.6. The minimum Gasteiger partial charge on any atom is -0.393 e. The number of rotatable bonds is 9. The van der Waals surface area contributed by atoms with Crippen LogP contribution in [0.25, 0.3) is 0 Å². The Morgan fingerprint density at radius 1 is 1.14 bits per heavy atom. The lowest BCUT2D eigenvalue weighted by Crippen LogP contribution is -2.56. The van der Waals surface area contributed by atoms with Crippen molar-refractivity contribution >= 4 is 28.7 Å². The number of ether oxygens (including phenoxy) is 2. The fourth-order valence-corrected chi connectivity index (χ4v) is 3.34. The molecule has 0 radical (unpaired) electrons.